The van der Waals surface area contributed by atoms with Crippen molar-refractivity contribution in [3.05, 3.63) is 22.4 Å². The van der Waals surface area contributed by atoms with Crippen LogP contribution in [0.2, 0.25) is 0 Å². The zero-order chi connectivity index (χ0) is 15.8. The molecule has 1 aromatic rings. The molecule has 116 valence electrons. The fraction of sp³-hybridized carbons (Fsp3) is 0.600. The Kier molecular flexibility index (Phi) is 4.71. The van der Waals surface area contributed by atoms with Gasteiger partial charge < -0.3 is 14.0 Å². The lowest BCUT2D eigenvalue weighted by atomic mass is 9.78. The molecule has 0 aromatic heterocycles. The molecule has 0 spiro atoms. The van der Waals surface area contributed by atoms with Crippen molar-refractivity contribution in [2.75, 3.05) is 6.61 Å². The van der Waals surface area contributed by atoms with Gasteiger partial charge in [0.15, 0.2) is 11.6 Å². The van der Waals surface area contributed by atoms with Gasteiger partial charge in [0, 0.05) is 9.94 Å². The molecule has 1 saturated heterocycles. The lowest BCUT2D eigenvalue weighted by Gasteiger charge is -2.32. The van der Waals surface area contributed by atoms with Gasteiger partial charge in [-0.2, -0.15) is 0 Å². The van der Waals surface area contributed by atoms with E-state index in [2.05, 4.69) is 15.9 Å². The first-order valence-corrected chi connectivity index (χ1v) is 7.95. The number of ether oxygens (including phenoxy) is 1. The minimum absolute atomic E-state index is 0.227. The fourth-order valence-electron chi connectivity index (χ4n) is 2.05. The monoisotopic (exact) mass is 358 g/mol. The van der Waals surface area contributed by atoms with Crippen molar-refractivity contribution in [3.63, 3.8) is 0 Å². The molecule has 1 aliphatic heterocycles. The van der Waals surface area contributed by atoms with Crippen LogP contribution in [0.1, 0.15) is 41.0 Å². The number of benzene rings is 1. The van der Waals surface area contributed by atoms with Gasteiger partial charge in [0.25, 0.3) is 0 Å². The van der Waals surface area contributed by atoms with Gasteiger partial charge in [0.05, 0.1) is 17.8 Å². The van der Waals surface area contributed by atoms with Crippen LogP contribution in [-0.4, -0.2) is 24.9 Å². The van der Waals surface area contributed by atoms with E-state index in [1.165, 1.54) is 0 Å². The Hall–Kier alpha value is -0.585. The molecular formula is C15H21BBrFO3. The Morgan fingerprint density at radius 2 is 1.76 bits per heavy atom. The zero-order valence-corrected chi connectivity index (χ0v) is 14.7. The van der Waals surface area contributed by atoms with Crippen LogP contribution in [-0.2, 0) is 9.31 Å². The van der Waals surface area contributed by atoms with E-state index in [1.807, 2.05) is 34.6 Å². The van der Waals surface area contributed by atoms with Gasteiger partial charge >= 0.3 is 7.12 Å². The predicted molar refractivity (Wildman–Crippen MR) is 85.6 cm³/mol. The fourth-order valence-corrected chi connectivity index (χ4v) is 2.54. The summed E-state index contributed by atoms with van der Waals surface area (Å²) in [5, 5.41) is 0. The Balaban J connectivity index is 2.36. The number of halogens is 2. The maximum Gasteiger partial charge on any atom is 0.499 e. The highest BCUT2D eigenvalue weighted by atomic mass is 79.9. The second-order valence-corrected chi connectivity index (χ2v) is 7.06. The molecule has 3 nitrogen and oxygen atoms in total. The standard InChI is InChI=1S/C15H21BBrFO3/c1-6-9-19-11-8-7-10(17)12(13(11)18)16-20-14(2,3)15(4,5)21-16/h7-8H,6,9H2,1-5H3. The third-order valence-electron chi connectivity index (χ3n) is 4.04. The summed E-state index contributed by atoms with van der Waals surface area (Å²) in [6.07, 6.45) is 0.821. The molecule has 1 aromatic carbocycles. The SMILES string of the molecule is CCCOc1ccc(Br)c(B2OC(C)(C)C(C)(C)O2)c1F. The molecule has 6 heteroatoms. The van der Waals surface area contributed by atoms with Crippen molar-refractivity contribution in [2.24, 2.45) is 0 Å². The Bertz CT molecular complexity index is 518. The lowest BCUT2D eigenvalue weighted by molar-refractivity contribution is 0.00578. The van der Waals surface area contributed by atoms with Crippen LogP contribution in [0.3, 0.4) is 0 Å². The average Bonchev–Trinajstić information content (AvgIpc) is 2.57. The molecular weight excluding hydrogens is 338 g/mol. The summed E-state index contributed by atoms with van der Waals surface area (Å²) in [7, 11) is -0.755. The first kappa shape index (κ1) is 16.8. The molecule has 1 heterocycles. The van der Waals surface area contributed by atoms with E-state index in [0.29, 0.717) is 16.5 Å². The highest BCUT2D eigenvalue weighted by molar-refractivity contribution is 9.10. The highest BCUT2D eigenvalue weighted by Crippen LogP contribution is 2.37. The van der Waals surface area contributed by atoms with Crippen molar-refractivity contribution in [3.8, 4) is 5.75 Å². The number of hydrogen-bond acceptors (Lipinski definition) is 3. The minimum Gasteiger partial charge on any atom is -0.491 e. The molecule has 2 rings (SSSR count). The van der Waals surface area contributed by atoms with Crippen LogP contribution in [0.5, 0.6) is 5.75 Å². The van der Waals surface area contributed by atoms with Crippen molar-refractivity contribution >= 4 is 28.5 Å². The minimum atomic E-state index is -0.755. The van der Waals surface area contributed by atoms with Crippen LogP contribution in [0.4, 0.5) is 4.39 Å². The molecule has 0 atom stereocenters. The van der Waals surface area contributed by atoms with E-state index in [9.17, 15) is 4.39 Å². The van der Waals surface area contributed by atoms with E-state index in [-0.39, 0.29) is 5.75 Å². The van der Waals surface area contributed by atoms with E-state index in [1.54, 1.807) is 12.1 Å². The summed E-state index contributed by atoms with van der Waals surface area (Å²) in [4.78, 5) is 0. The van der Waals surface area contributed by atoms with E-state index in [4.69, 9.17) is 14.0 Å². The van der Waals surface area contributed by atoms with Gasteiger partial charge in [-0.05, 0) is 46.2 Å². The second-order valence-electron chi connectivity index (χ2n) is 6.21. The molecule has 0 unspecified atom stereocenters. The van der Waals surface area contributed by atoms with Crippen LogP contribution >= 0.6 is 15.9 Å². The van der Waals surface area contributed by atoms with Gasteiger partial charge in [-0.15, -0.1) is 0 Å². The zero-order valence-electron chi connectivity index (χ0n) is 13.1. The summed E-state index contributed by atoms with van der Waals surface area (Å²) < 4.78 is 32.6. The van der Waals surface area contributed by atoms with Crippen molar-refractivity contribution in [1.29, 1.82) is 0 Å². The Labute approximate surface area is 134 Å². The molecule has 0 bridgehead atoms. The largest absolute Gasteiger partial charge is 0.499 e. The van der Waals surface area contributed by atoms with Crippen molar-refractivity contribution in [2.45, 2.75) is 52.2 Å². The van der Waals surface area contributed by atoms with Crippen LogP contribution in [0.15, 0.2) is 16.6 Å². The average molecular weight is 359 g/mol. The Morgan fingerprint density at radius 1 is 1.19 bits per heavy atom. The smallest absolute Gasteiger partial charge is 0.491 e. The molecule has 0 aliphatic carbocycles. The molecule has 21 heavy (non-hydrogen) atoms. The molecule has 0 N–H and O–H groups in total. The normalized spacial score (nSPS) is 19.9. The number of rotatable bonds is 4. The first-order chi connectivity index (χ1) is 9.69. The molecule has 0 amide bonds. The van der Waals surface area contributed by atoms with Crippen LogP contribution < -0.4 is 10.2 Å². The summed E-state index contributed by atoms with van der Waals surface area (Å²) in [6.45, 7) is 10.2. The van der Waals surface area contributed by atoms with Gasteiger partial charge in [-0.1, -0.05) is 22.9 Å². The van der Waals surface area contributed by atoms with Crippen molar-refractivity contribution < 1.29 is 18.4 Å². The van der Waals surface area contributed by atoms with Gasteiger partial charge in [0.2, 0.25) is 0 Å². The topological polar surface area (TPSA) is 27.7 Å². The van der Waals surface area contributed by atoms with Crippen LogP contribution in [0, 0.1) is 5.82 Å². The van der Waals surface area contributed by atoms with E-state index < -0.39 is 24.1 Å². The van der Waals surface area contributed by atoms with Crippen LogP contribution in [0.25, 0.3) is 0 Å². The molecule has 1 aliphatic rings. The second kappa shape index (κ2) is 5.90. The summed E-state index contributed by atoms with van der Waals surface area (Å²) in [5.74, 6) is -0.207. The lowest BCUT2D eigenvalue weighted by Crippen LogP contribution is -2.41. The third-order valence-corrected chi connectivity index (χ3v) is 4.73. The Morgan fingerprint density at radius 3 is 2.29 bits per heavy atom. The molecule has 0 saturated carbocycles. The summed E-state index contributed by atoms with van der Waals surface area (Å²) >= 11 is 3.38. The van der Waals surface area contributed by atoms with Gasteiger partial charge in [0.1, 0.15) is 0 Å². The quantitative estimate of drug-likeness (QED) is 0.768. The number of hydrogen-bond donors (Lipinski definition) is 0. The van der Waals surface area contributed by atoms with E-state index >= 15 is 0 Å². The van der Waals surface area contributed by atoms with E-state index in [0.717, 1.165) is 6.42 Å². The molecule has 0 radical (unpaired) electrons. The summed E-state index contributed by atoms with van der Waals surface area (Å²) in [5.41, 5.74) is -0.671. The molecule has 1 fully saturated rings. The highest BCUT2D eigenvalue weighted by Gasteiger charge is 2.53. The van der Waals surface area contributed by atoms with Gasteiger partial charge in [-0.25, -0.2) is 4.39 Å². The summed E-state index contributed by atoms with van der Waals surface area (Å²) in [6, 6.07) is 3.37. The van der Waals surface area contributed by atoms with Gasteiger partial charge in [-0.3, -0.25) is 0 Å². The first-order valence-electron chi connectivity index (χ1n) is 7.16. The maximum absolute atomic E-state index is 14.7. The predicted octanol–water partition coefficient (Wildman–Crippen LogP) is 3.68. The third kappa shape index (κ3) is 3.12. The maximum atomic E-state index is 14.7. The van der Waals surface area contributed by atoms with Crippen molar-refractivity contribution in [1.82, 2.24) is 0 Å².